The Morgan fingerprint density at radius 1 is 1.28 bits per heavy atom. The van der Waals surface area contributed by atoms with Gasteiger partial charge in [0.15, 0.2) is 0 Å². The van der Waals surface area contributed by atoms with Crippen LogP contribution in [0.4, 0.5) is 0 Å². The maximum atomic E-state index is 11.3. The second-order valence-corrected chi connectivity index (χ2v) is 4.17. The Balaban J connectivity index is 4.43. The van der Waals surface area contributed by atoms with Crippen molar-refractivity contribution in [1.82, 2.24) is 4.90 Å². The van der Waals surface area contributed by atoms with Crippen LogP contribution in [0, 0.1) is 0 Å². The van der Waals surface area contributed by atoms with Gasteiger partial charge in [0.05, 0.1) is 20.3 Å². The van der Waals surface area contributed by atoms with Crippen LogP contribution < -0.4 is 0 Å². The number of esters is 1. The van der Waals surface area contributed by atoms with Gasteiger partial charge < -0.3 is 14.2 Å². The van der Waals surface area contributed by atoms with Crippen LogP contribution in [0.1, 0.15) is 13.8 Å². The van der Waals surface area contributed by atoms with Crippen LogP contribution >= 0.6 is 0 Å². The molecule has 0 aromatic rings. The smallest absolute Gasteiger partial charge is 0.333 e. The lowest BCUT2D eigenvalue weighted by Crippen LogP contribution is -2.38. The van der Waals surface area contributed by atoms with E-state index >= 15 is 0 Å². The summed E-state index contributed by atoms with van der Waals surface area (Å²) in [6.07, 6.45) is 1.87. The molecule has 0 fully saturated rings. The molecule has 5 nitrogen and oxygen atoms in total. The molecule has 18 heavy (non-hydrogen) atoms. The molecule has 0 amide bonds. The lowest BCUT2D eigenvalue weighted by atomic mass is 10.2. The monoisotopic (exact) mass is 259 g/mol. The number of carbonyl (C=O) groups is 1. The Labute approximate surface area is 110 Å². The quantitative estimate of drug-likeness (QED) is 0.458. The van der Waals surface area contributed by atoms with Crippen molar-refractivity contribution in [1.29, 1.82) is 0 Å². The van der Waals surface area contributed by atoms with E-state index in [0.29, 0.717) is 25.3 Å². The van der Waals surface area contributed by atoms with Gasteiger partial charge in [0.25, 0.3) is 0 Å². The molecule has 0 aromatic heterocycles. The average Bonchev–Trinajstić information content (AvgIpc) is 2.37. The van der Waals surface area contributed by atoms with E-state index in [1.165, 1.54) is 7.11 Å². The van der Waals surface area contributed by atoms with Gasteiger partial charge in [0, 0.05) is 38.9 Å². The van der Waals surface area contributed by atoms with Crippen LogP contribution in [0.2, 0.25) is 0 Å². The molecule has 5 heteroatoms. The third kappa shape index (κ3) is 6.74. The predicted octanol–water partition coefficient (Wildman–Crippen LogP) is 1.09. The Bertz CT molecular complexity index is 266. The topological polar surface area (TPSA) is 48.0 Å². The second kappa shape index (κ2) is 10.1. The van der Waals surface area contributed by atoms with Crippen LogP contribution in [-0.4, -0.2) is 64.5 Å². The van der Waals surface area contributed by atoms with Crippen LogP contribution in [0.15, 0.2) is 11.6 Å². The largest absolute Gasteiger partial charge is 0.466 e. The van der Waals surface area contributed by atoms with Crippen LogP contribution in [-0.2, 0) is 19.0 Å². The highest BCUT2D eigenvalue weighted by Crippen LogP contribution is 2.03. The van der Waals surface area contributed by atoms with E-state index in [2.05, 4.69) is 16.6 Å². The van der Waals surface area contributed by atoms with E-state index in [1.54, 1.807) is 21.1 Å². The molecule has 0 aliphatic heterocycles. The first-order chi connectivity index (χ1) is 8.56. The maximum Gasteiger partial charge on any atom is 0.333 e. The van der Waals surface area contributed by atoms with Crippen molar-refractivity contribution < 1.29 is 19.0 Å². The van der Waals surface area contributed by atoms with Crippen LogP contribution in [0.3, 0.4) is 0 Å². The third-order valence-corrected chi connectivity index (χ3v) is 2.75. The van der Waals surface area contributed by atoms with Crippen molar-refractivity contribution in [2.24, 2.45) is 0 Å². The lowest BCUT2D eigenvalue weighted by molar-refractivity contribution is -0.136. The van der Waals surface area contributed by atoms with Gasteiger partial charge in [0.1, 0.15) is 0 Å². The fraction of sp³-hybridized carbons (Fsp3) is 0.769. The molecule has 0 rings (SSSR count). The predicted molar refractivity (Wildman–Crippen MR) is 70.6 cm³/mol. The summed E-state index contributed by atoms with van der Waals surface area (Å²) in [7, 11) is 4.74. The average molecular weight is 259 g/mol. The maximum absolute atomic E-state index is 11.3. The molecule has 106 valence electrons. The van der Waals surface area contributed by atoms with Gasteiger partial charge in [-0.25, -0.2) is 4.79 Å². The van der Waals surface area contributed by atoms with Gasteiger partial charge in [0.2, 0.25) is 0 Å². The van der Waals surface area contributed by atoms with Crippen molar-refractivity contribution in [3.8, 4) is 0 Å². The van der Waals surface area contributed by atoms with E-state index in [-0.39, 0.29) is 12.0 Å². The SMILES string of the molecule is COCCN(CC=C(C)C(=O)OC)C(C)COC. The van der Waals surface area contributed by atoms with Gasteiger partial charge in [-0.15, -0.1) is 0 Å². The first kappa shape index (κ1) is 17.1. The van der Waals surface area contributed by atoms with E-state index in [9.17, 15) is 4.79 Å². The summed E-state index contributed by atoms with van der Waals surface area (Å²) in [5.74, 6) is -0.291. The minimum atomic E-state index is -0.291. The standard InChI is InChI=1S/C13H25NO4/c1-11(13(15)18-5)6-7-14(8-9-16-3)12(2)10-17-4/h6,12H,7-10H2,1-5H3. The normalized spacial score (nSPS) is 13.8. The number of hydrogen-bond donors (Lipinski definition) is 0. The summed E-state index contributed by atoms with van der Waals surface area (Å²) < 4.78 is 14.9. The molecular weight excluding hydrogens is 234 g/mol. The molecule has 0 aliphatic carbocycles. The fourth-order valence-electron chi connectivity index (χ4n) is 1.55. The minimum Gasteiger partial charge on any atom is -0.466 e. The van der Waals surface area contributed by atoms with Crippen molar-refractivity contribution >= 4 is 5.97 Å². The second-order valence-electron chi connectivity index (χ2n) is 4.17. The molecule has 1 unspecified atom stereocenters. The zero-order chi connectivity index (χ0) is 14.0. The van der Waals surface area contributed by atoms with Crippen LogP contribution in [0.25, 0.3) is 0 Å². The van der Waals surface area contributed by atoms with Gasteiger partial charge in [-0.05, 0) is 13.8 Å². The number of nitrogens with zero attached hydrogens (tertiary/aromatic N) is 1. The molecule has 0 aromatic carbocycles. The number of methoxy groups -OCH3 is 3. The summed E-state index contributed by atoms with van der Waals surface area (Å²) >= 11 is 0. The summed E-state index contributed by atoms with van der Waals surface area (Å²) in [6.45, 7) is 6.61. The van der Waals surface area contributed by atoms with Gasteiger partial charge in [-0.1, -0.05) is 6.08 Å². The highest BCUT2D eigenvalue weighted by atomic mass is 16.5. The van der Waals surface area contributed by atoms with Gasteiger partial charge in [-0.3, -0.25) is 4.90 Å². The summed E-state index contributed by atoms with van der Waals surface area (Å²) in [4.78, 5) is 13.5. The lowest BCUT2D eigenvalue weighted by Gasteiger charge is -2.27. The van der Waals surface area contributed by atoms with Crippen molar-refractivity contribution in [3.63, 3.8) is 0 Å². The summed E-state index contributed by atoms with van der Waals surface area (Å²) in [5.41, 5.74) is 0.615. The molecule has 0 bridgehead atoms. The van der Waals surface area contributed by atoms with Gasteiger partial charge in [-0.2, -0.15) is 0 Å². The first-order valence-electron chi connectivity index (χ1n) is 6.03. The molecular formula is C13H25NO4. The molecule has 0 saturated heterocycles. The molecule has 0 spiro atoms. The highest BCUT2D eigenvalue weighted by Gasteiger charge is 2.13. The molecule has 0 N–H and O–H groups in total. The van der Waals surface area contributed by atoms with E-state index < -0.39 is 0 Å². The molecule has 0 aliphatic rings. The molecule has 0 heterocycles. The number of ether oxygens (including phenoxy) is 3. The number of hydrogen-bond acceptors (Lipinski definition) is 5. The first-order valence-corrected chi connectivity index (χ1v) is 6.03. The van der Waals surface area contributed by atoms with E-state index in [1.807, 2.05) is 6.08 Å². The van der Waals surface area contributed by atoms with Gasteiger partial charge >= 0.3 is 5.97 Å². The Kier molecular flexibility index (Phi) is 9.55. The zero-order valence-electron chi connectivity index (χ0n) is 12.1. The Morgan fingerprint density at radius 3 is 2.44 bits per heavy atom. The highest BCUT2D eigenvalue weighted by molar-refractivity contribution is 5.87. The molecule has 0 saturated carbocycles. The number of carbonyl (C=O) groups excluding carboxylic acids is 1. The molecule has 0 radical (unpaired) electrons. The summed E-state index contributed by atoms with van der Waals surface area (Å²) in [5, 5.41) is 0. The van der Waals surface area contributed by atoms with Crippen molar-refractivity contribution in [2.75, 3.05) is 47.6 Å². The van der Waals surface area contributed by atoms with E-state index in [4.69, 9.17) is 9.47 Å². The van der Waals surface area contributed by atoms with E-state index in [0.717, 1.165) is 6.54 Å². The van der Waals surface area contributed by atoms with Crippen molar-refractivity contribution in [3.05, 3.63) is 11.6 Å². The number of rotatable bonds is 9. The minimum absolute atomic E-state index is 0.270. The molecule has 1 atom stereocenters. The fourth-order valence-corrected chi connectivity index (χ4v) is 1.55. The zero-order valence-corrected chi connectivity index (χ0v) is 12.1. The Morgan fingerprint density at radius 2 is 1.94 bits per heavy atom. The van der Waals surface area contributed by atoms with Crippen molar-refractivity contribution in [2.45, 2.75) is 19.9 Å². The Hall–Kier alpha value is -0.910. The summed E-state index contributed by atoms with van der Waals surface area (Å²) in [6, 6.07) is 0.270. The van der Waals surface area contributed by atoms with Crippen LogP contribution in [0.5, 0.6) is 0 Å². The third-order valence-electron chi connectivity index (χ3n) is 2.75.